The van der Waals surface area contributed by atoms with E-state index in [2.05, 4.69) is 46.5 Å². The van der Waals surface area contributed by atoms with Crippen LogP contribution in [-0.4, -0.2) is 22.4 Å². The van der Waals surface area contributed by atoms with Crippen LogP contribution in [0.15, 0.2) is 24.3 Å². The SMILES string of the molecule is CCc1ccc(Cc2nc3c([nH]2)CCCNC3=O)cc1. The first-order valence-electron chi connectivity index (χ1n) is 7.20. The van der Waals surface area contributed by atoms with Gasteiger partial charge in [-0.3, -0.25) is 4.79 Å². The van der Waals surface area contributed by atoms with Crippen molar-refractivity contribution in [2.45, 2.75) is 32.6 Å². The summed E-state index contributed by atoms with van der Waals surface area (Å²) in [6.45, 7) is 2.88. The van der Waals surface area contributed by atoms with Crippen LogP contribution in [0, 0.1) is 0 Å². The van der Waals surface area contributed by atoms with Gasteiger partial charge in [0, 0.05) is 18.7 Å². The number of hydrogen-bond donors (Lipinski definition) is 2. The van der Waals surface area contributed by atoms with Gasteiger partial charge in [-0.1, -0.05) is 31.2 Å². The minimum Gasteiger partial charge on any atom is -0.351 e. The van der Waals surface area contributed by atoms with E-state index in [1.807, 2.05) is 0 Å². The van der Waals surface area contributed by atoms with Crippen molar-refractivity contribution in [3.05, 3.63) is 52.6 Å². The van der Waals surface area contributed by atoms with E-state index >= 15 is 0 Å². The second-order valence-electron chi connectivity index (χ2n) is 5.22. The van der Waals surface area contributed by atoms with Crippen LogP contribution in [0.1, 0.15) is 46.5 Å². The van der Waals surface area contributed by atoms with E-state index in [1.165, 1.54) is 11.1 Å². The van der Waals surface area contributed by atoms with Crippen molar-refractivity contribution >= 4 is 5.91 Å². The van der Waals surface area contributed by atoms with Gasteiger partial charge in [0.25, 0.3) is 5.91 Å². The van der Waals surface area contributed by atoms with Gasteiger partial charge in [-0.2, -0.15) is 0 Å². The van der Waals surface area contributed by atoms with Crippen molar-refractivity contribution in [1.29, 1.82) is 0 Å². The lowest BCUT2D eigenvalue weighted by atomic mass is 10.1. The fourth-order valence-corrected chi connectivity index (χ4v) is 2.55. The van der Waals surface area contributed by atoms with Crippen LogP contribution in [0.2, 0.25) is 0 Å². The number of carbonyl (C=O) groups excluding carboxylic acids is 1. The number of aryl methyl sites for hydroxylation is 2. The van der Waals surface area contributed by atoms with Crippen LogP contribution in [0.25, 0.3) is 0 Å². The van der Waals surface area contributed by atoms with E-state index in [0.717, 1.165) is 43.7 Å². The lowest BCUT2D eigenvalue weighted by Gasteiger charge is -2.01. The summed E-state index contributed by atoms with van der Waals surface area (Å²) in [6, 6.07) is 8.56. The summed E-state index contributed by atoms with van der Waals surface area (Å²) < 4.78 is 0. The van der Waals surface area contributed by atoms with Crippen molar-refractivity contribution in [2.75, 3.05) is 6.54 Å². The topological polar surface area (TPSA) is 57.8 Å². The highest BCUT2D eigenvalue weighted by Gasteiger charge is 2.19. The monoisotopic (exact) mass is 269 g/mol. The molecule has 0 bridgehead atoms. The average molecular weight is 269 g/mol. The van der Waals surface area contributed by atoms with E-state index in [1.54, 1.807) is 0 Å². The molecular weight excluding hydrogens is 250 g/mol. The Morgan fingerprint density at radius 1 is 1.20 bits per heavy atom. The molecule has 104 valence electrons. The van der Waals surface area contributed by atoms with E-state index in [-0.39, 0.29) is 5.91 Å². The Hall–Kier alpha value is -2.10. The van der Waals surface area contributed by atoms with Gasteiger partial charge in [0.15, 0.2) is 0 Å². The first-order chi connectivity index (χ1) is 9.76. The molecule has 0 radical (unpaired) electrons. The smallest absolute Gasteiger partial charge is 0.271 e. The molecule has 1 aromatic carbocycles. The van der Waals surface area contributed by atoms with E-state index in [0.29, 0.717) is 5.69 Å². The summed E-state index contributed by atoms with van der Waals surface area (Å²) in [7, 11) is 0. The summed E-state index contributed by atoms with van der Waals surface area (Å²) in [6.07, 6.45) is 3.64. The molecule has 1 aromatic heterocycles. The highest BCUT2D eigenvalue weighted by molar-refractivity contribution is 5.93. The number of rotatable bonds is 3. The Kier molecular flexibility index (Phi) is 3.54. The number of benzene rings is 1. The van der Waals surface area contributed by atoms with Gasteiger partial charge in [-0.05, 0) is 30.4 Å². The van der Waals surface area contributed by atoms with Gasteiger partial charge in [0.2, 0.25) is 0 Å². The third-order valence-corrected chi connectivity index (χ3v) is 3.73. The first-order valence-corrected chi connectivity index (χ1v) is 7.20. The molecule has 2 N–H and O–H groups in total. The van der Waals surface area contributed by atoms with Crippen molar-refractivity contribution in [3.63, 3.8) is 0 Å². The summed E-state index contributed by atoms with van der Waals surface area (Å²) in [4.78, 5) is 19.6. The number of fused-ring (bicyclic) bond motifs is 1. The number of hydrogen-bond acceptors (Lipinski definition) is 2. The Labute approximate surface area is 118 Å². The maximum absolute atomic E-state index is 11.9. The molecule has 0 aliphatic carbocycles. The number of imidazole rings is 1. The van der Waals surface area contributed by atoms with Crippen LogP contribution < -0.4 is 5.32 Å². The molecule has 0 spiro atoms. The molecule has 1 aliphatic heterocycles. The van der Waals surface area contributed by atoms with Crippen molar-refractivity contribution < 1.29 is 4.79 Å². The molecule has 4 heteroatoms. The number of H-pyrrole nitrogens is 1. The van der Waals surface area contributed by atoms with Gasteiger partial charge < -0.3 is 10.3 Å². The number of aromatic nitrogens is 2. The van der Waals surface area contributed by atoms with Gasteiger partial charge in [0.1, 0.15) is 11.5 Å². The zero-order valence-electron chi connectivity index (χ0n) is 11.7. The number of carbonyl (C=O) groups is 1. The molecule has 20 heavy (non-hydrogen) atoms. The molecular formula is C16H19N3O. The second-order valence-corrected chi connectivity index (χ2v) is 5.22. The maximum Gasteiger partial charge on any atom is 0.271 e. The van der Waals surface area contributed by atoms with Gasteiger partial charge in [-0.15, -0.1) is 0 Å². The van der Waals surface area contributed by atoms with Crippen LogP contribution in [-0.2, 0) is 19.3 Å². The number of amides is 1. The average Bonchev–Trinajstić information content (AvgIpc) is 2.79. The third-order valence-electron chi connectivity index (χ3n) is 3.73. The minimum absolute atomic E-state index is 0.0543. The lowest BCUT2D eigenvalue weighted by Crippen LogP contribution is -2.23. The Balaban J connectivity index is 1.81. The molecule has 0 fully saturated rings. The number of nitrogens with one attached hydrogen (secondary N) is 2. The summed E-state index contributed by atoms with van der Waals surface area (Å²) >= 11 is 0. The zero-order valence-corrected chi connectivity index (χ0v) is 11.7. The molecule has 1 amide bonds. The quantitative estimate of drug-likeness (QED) is 0.897. The van der Waals surface area contributed by atoms with Gasteiger partial charge >= 0.3 is 0 Å². The molecule has 2 heterocycles. The number of aromatic amines is 1. The standard InChI is InChI=1S/C16H19N3O/c1-2-11-5-7-12(8-6-11)10-14-18-13-4-3-9-17-16(20)15(13)19-14/h5-8H,2-4,9-10H2,1H3,(H,17,20)(H,18,19). The highest BCUT2D eigenvalue weighted by Crippen LogP contribution is 2.15. The fraction of sp³-hybridized carbons (Fsp3) is 0.375. The summed E-state index contributed by atoms with van der Waals surface area (Å²) in [5, 5.41) is 2.87. The fourth-order valence-electron chi connectivity index (χ4n) is 2.55. The molecule has 4 nitrogen and oxygen atoms in total. The molecule has 1 aliphatic rings. The molecule has 0 unspecified atom stereocenters. The van der Waals surface area contributed by atoms with Crippen molar-refractivity contribution in [3.8, 4) is 0 Å². The third kappa shape index (κ3) is 2.59. The molecule has 3 rings (SSSR count). The van der Waals surface area contributed by atoms with Gasteiger partial charge in [0.05, 0.1) is 0 Å². The van der Waals surface area contributed by atoms with Crippen LogP contribution in [0.3, 0.4) is 0 Å². The molecule has 0 saturated carbocycles. The second kappa shape index (κ2) is 5.49. The molecule has 2 aromatic rings. The Morgan fingerprint density at radius 2 is 1.95 bits per heavy atom. The minimum atomic E-state index is -0.0543. The van der Waals surface area contributed by atoms with Crippen LogP contribution >= 0.6 is 0 Å². The van der Waals surface area contributed by atoms with Gasteiger partial charge in [-0.25, -0.2) is 4.98 Å². The highest BCUT2D eigenvalue weighted by atomic mass is 16.1. The largest absolute Gasteiger partial charge is 0.351 e. The predicted molar refractivity (Wildman–Crippen MR) is 77.9 cm³/mol. The Morgan fingerprint density at radius 3 is 2.70 bits per heavy atom. The maximum atomic E-state index is 11.9. The number of nitrogens with zero attached hydrogens (tertiary/aromatic N) is 1. The van der Waals surface area contributed by atoms with Crippen molar-refractivity contribution in [2.24, 2.45) is 0 Å². The Bertz CT molecular complexity index is 613. The van der Waals surface area contributed by atoms with Crippen LogP contribution in [0.5, 0.6) is 0 Å². The summed E-state index contributed by atoms with van der Waals surface area (Å²) in [5.74, 6) is 0.817. The normalized spacial score (nSPS) is 14.6. The van der Waals surface area contributed by atoms with Crippen molar-refractivity contribution in [1.82, 2.24) is 15.3 Å². The van der Waals surface area contributed by atoms with E-state index < -0.39 is 0 Å². The van der Waals surface area contributed by atoms with Crippen LogP contribution in [0.4, 0.5) is 0 Å². The lowest BCUT2D eigenvalue weighted by molar-refractivity contribution is 0.0951. The van der Waals surface area contributed by atoms with E-state index in [9.17, 15) is 4.79 Å². The summed E-state index contributed by atoms with van der Waals surface area (Å²) in [5.41, 5.74) is 4.10. The predicted octanol–water partition coefficient (Wildman–Crippen LogP) is 2.24. The van der Waals surface area contributed by atoms with E-state index in [4.69, 9.17) is 0 Å². The first kappa shape index (κ1) is 12.9. The molecule has 0 atom stereocenters. The zero-order chi connectivity index (χ0) is 13.9. The molecule has 0 saturated heterocycles.